The van der Waals surface area contributed by atoms with Gasteiger partial charge in [0.15, 0.2) is 0 Å². The molecule has 1 aromatic heterocycles. The predicted molar refractivity (Wildman–Crippen MR) is 79.3 cm³/mol. The Balaban J connectivity index is 2.23. The number of carbonyl (C=O) groups is 1. The number of hydrogen-bond donors (Lipinski definition) is 3. The zero-order valence-corrected chi connectivity index (χ0v) is 13.2. The number of H-pyrrole nitrogens is 1. The summed E-state index contributed by atoms with van der Waals surface area (Å²) in [7, 11) is 0. The molecule has 0 radical (unpaired) electrons. The topological polar surface area (TPSA) is 95.1 Å². The molecule has 1 aliphatic rings. The van der Waals surface area contributed by atoms with Crippen LogP contribution >= 0.6 is 0 Å². The van der Waals surface area contributed by atoms with Gasteiger partial charge in [-0.15, -0.1) is 0 Å². The molecule has 3 N–H and O–H groups in total. The second kappa shape index (κ2) is 5.26. The van der Waals surface area contributed by atoms with Crippen molar-refractivity contribution in [1.29, 1.82) is 0 Å². The van der Waals surface area contributed by atoms with E-state index < -0.39 is 17.6 Å². The Morgan fingerprint density at radius 1 is 1.48 bits per heavy atom. The Morgan fingerprint density at radius 3 is 2.52 bits per heavy atom. The minimum atomic E-state index is -0.429. The van der Waals surface area contributed by atoms with Gasteiger partial charge in [0.2, 0.25) is 0 Å². The third-order valence-corrected chi connectivity index (χ3v) is 4.41. The van der Waals surface area contributed by atoms with E-state index in [9.17, 15) is 14.7 Å². The smallest absolute Gasteiger partial charge is 0.264 e. The van der Waals surface area contributed by atoms with E-state index in [1.165, 1.54) is 0 Å². The van der Waals surface area contributed by atoms with Crippen molar-refractivity contribution in [3.63, 3.8) is 0 Å². The SMILES string of the molecule is Cc1nc(C(C)C)[nH]c(=O)c1C(=O)NC1CC(O)C1(C)C. The van der Waals surface area contributed by atoms with Gasteiger partial charge >= 0.3 is 0 Å². The molecular weight excluding hydrogens is 270 g/mol. The van der Waals surface area contributed by atoms with E-state index in [1.807, 2.05) is 27.7 Å². The molecule has 1 fully saturated rings. The maximum atomic E-state index is 12.3. The molecule has 2 rings (SSSR count). The van der Waals surface area contributed by atoms with Crippen LogP contribution in [0.5, 0.6) is 0 Å². The number of aromatic amines is 1. The third-order valence-electron chi connectivity index (χ3n) is 4.41. The Morgan fingerprint density at radius 2 is 2.10 bits per heavy atom. The maximum Gasteiger partial charge on any atom is 0.264 e. The third kappa shape index (κ3) is 2.72. The first kappa shape index (κ1) is 15.7. The number of aryl methyl sites for hydroxylation is 1. The molecule has 6 nitrogen and oxygen atoms in total. The summed E-state index contributed by atoms with van der Waals surface area (Å²) < 4.78 is 0. The van der Waals surface area contributed by atoms with Crippen molar-refractivity contribution in [3.8, 4) is 0 Å². The van der Waals surface area contributed by atoms with Gasteiger partial charge in [-0.1, -0.05) is 27.7 Å². The molecule has 21 heavy (non-hydrogen) atoms. The first-order valence-electron chi connectivity index (χ1n) is 7.24. The highest BCUT2D eigenvalue weighted by atomic mass is 16.3. The van der Waals surface area contributed by atoms with Crippen LogP contribution in [0.15, 0.2) is 4.79 Å². The van der Waals surface area contributed by atoms with E-state index in [-0.39, 0.29) is 22.9 Å². The number of aromatic nitrogens is 2. The lowest BCUT2D eigenvalue weighted by Gasteiger charge is -2.49. The van der Waals surface area contributed by atoms with Gasteiger partial charge < -0.3 is 15.4 Å². The molecular formula is C15H23N3O3. The highest BCUT2D eigenvalue weighted by Crippen LogP contribution is 2.40. The number of hydrogen-bond acceptors (Lipinski definition) is 4. The molecule has 0 bridgehead atoms. The van der Waals surface area contributed by atoms with E-state index in [1.54, 1.807) is 6.92 Å². The van der Waals surface area contributed by atoms with Crippen molar-refractivity contribution in [3.05, 3.63) is 27.4 Å². The summed E-state index contributed by atoms with van der Waals surface area (Å²) in [6.07, 6.45) is 0.0799. The van der Waals surface area contributed by atoms with Gasteiger partial charge in [-0.05, 0) is 13.3 Å². The van der Waals surface area contributed by atoms with Gasteiger partial charge in [0.1, 0.15) is 11.4 Å². The van der Waals surface area contributed by atoms with Crippen LogP contribution in [-0.4, -0.2) is 33.1 Å². The van der Waals surface area contributed by atoms with Crippen molar-refractivity contribution < 1.29 is 9.90 Å². The second-order valence-electron chi connectivity index (χ2n) is 6.67. The van der Waals surface area contributed by atoms with Crippen LogP contribution in [0, 0.1) is 12.3 Å². The number of aliphatic hydroxyl groups is 1. The molecule has 1 amide bonds. The molecule has 0 aliphatic heterocycles. The van der Waals surface area contributed by atoms with Gasteiger partial charge in [0, 0.05) is 17.4 Å². The maximum absolute atomic E-state index is 12.3. The number of amides is 1. The van der Waals surface area contributed by atoms with E-state index in [2.05, 4.69) is 15.3 Å². The fourth-order valence-corrected chi connectivity index (χ4v) is 2.53. The normalized spacial score (nSPS) is 23.8. The fraction of sp³-hybridized carbons (Fsp3) is 0.667. The Hall–Kier alpha value is -1.69. The van der Waals surface area contributed by atoms with Gasteiger partial charge in [0.25, 0.3) is 11.5 Å². The molecule has 1 aliphatic carbocycles. The lowest BCUT2D eigenvalue weighted by molar-refractivity contribution is -0.0689. The predicted octanol–water partition coefficient (Wildman–Crippen LogP) is 1.09. The number of nitrogens with one attached hydrogen (secondary N) is 2. The van der Waals surface area contributed by atoms with Crippen LogP contribution in [0.2, 0.25) is 0 Å². The molecule has 1 heterocycles. The van der Waals surface area contributed by atoms with Crippen LogP contribution in [0.3, 0.4) is 0 Å². The second-order valence-corrected chi connectivity index (χ2v) is 6.67. The van der Waals surface area contributed by atoms with Crippen LogP contribution in [0.1, 0.15) is 61.9 Å². The monoisotopic (exact) mass is 293 g/mol. The van der Waals surface area contributed by atoms with Crippen LogP contribution < -0.4 is 10.9 Å². The van der Waals surface area contributed by atoms with Crippen molar-refractivity contribution in [1.82, 2.24) is 15.3 Å². The largest absolute Gasteiger partial charge is 0.392 e. The van der Waals surface area contributed by atoms with Crippen LogP contribution in [0.4, 0.5) is 0 Å². The van der Waals surface area contributed by atoms with Crippen molar-refractivity contribution in [2.24, 2.45) is 5.41 Å². The molecule has 6 heteroatoms. The van der Waals surface area contributed by atoms with E-state index in [4.69, 9.17) is 0 Å². The van der Waals surface area contributed by atoms with Crippen molar-refractivity contribution in [2.45, 2.75) is 59.1 Å². The van der Waals surface area contributed by atoms with Crippen molar-refractivity contribution in [2.75, 3.05) is 0 Å². The minimum Gasteiger partial charge on any atom is -0.392 e. The Bertz CT molecular complexity index is 619. The molecule has 2 atom stereocenters. The van der Waals surface area contributed by atoms with E-state index in [0.29, 0.717) is 17.9 Å². The average Bonchev–Trinajstić information content (AvgIpc) is 2.37. The highest BCUT2D eigenvalue weighted by molar-refractivity contribution is 5.95. The number of rotatable bonds is 3. The average molecular weight is 293 g/mol. The zero-order chi connectivity index (χ0) is 15.9. The first-order chi connectivity index (χ1) is 9.64. The summed E-state index contributed by atoms with van der Waals surface area (Å²) in [5.74, 6) is 0.240. The summed E-state index contributed by atoms with van der Waals surface area (Å²) >= 11 is 0. The van der Waals surface area contributed by atoms with E-state index in [0.717, 1.165) is 0 Å². The fourth-order valence-electron chi connectivity index (χ4n) is 2.53. The lowest BCUT2D eigenvalue weighted by Crippen LogP contribution is -2.61. The summed E-state index contributed by atoms with van der Waals surface area (Å²) in [6, 6.07) is -0.136. The van der Waals surface area contributed by atoms with Gasteiger partial charge in [-0.2, -0.15) is 0 Å². The number of nitrogens with zero attached hydrogens (tertiary/aromatic N) is 1. The van der Waals surface area contributed by atoms with E-state index >= 15 is 0 Å². The Labute approximate surface area is 124 Å². The highest BCUT2D eigenvalue weighted by Gasteiger charge is 2.48. The van der Waals surface area contributed by atoms with Gasteiger partial charge in [-0.25, -0.2) is 4.98 Å². The number of aliphatic hydroxyl groups excluding tert-OH is 1. The molecule has 0 aromatic carbocycles. The molecule has 0 saturated heterocycles. The summed E-state index contributed by atoms with van der Waals surface area (Å²) in [5, 5.41) is 12.5. The zero-order valence-electron chi connectivity index (χ0n) is 13.2. The molecule has 2 unspecified atom stereocenters. The lowest BCUT2D eigenvalue weighted by atomic mass is 9.64. The quantitative estimate of drug-likeness (QED) is 0.777. The molecule has 116 valence electrons. The number of carbonyl (C=O) groups excluding carboxylic acids is 1. The summed E-state index contributed by atoms with van der Waals surface area (Å²) in [4.78, 5) is 31.4. The minimum absolute atomic E-state index is 0.0524. The Kier molecular flexibility index (Phi) is 3.93. The van der Waals surface area contributed by atoms with Gasteiger partial charge in [0.05, 0.1) is 11.8 Å². The van der Waals surface area contributed by atoms with Crippen molar-refractivity contribution >= 4 is 5.91 Å². The first-order valence-corrected chi connectivity index (χ1v) is 7.24. The standard InChI is InChI=1S/C15H23N3O3/c1-7(2)12-16-8(3)11(14(21)18-12)13(20)17-9-6-10(19)15(9,4)5/h7,9-10,19H,6H2,1-5H3,(H,17,20)(H,16,18,21). The molecule has 1 saturated carbocycles. The van der Waals surface area contributed by atoms with Gasteiger partial charge in [-0.3, -0.25) is 9.59 Å². The summed E-state index contributed by atoms with van der Waals surface area (Å²) in [6.45, 7) is 9.30. The molecule has 0 spiro atoms. The van der Waals surface area contributed by atoms with Crippen LogP contribution in [-0.2, 0) is 0 Å². The molecule has 1 aromatic rings. The van der Waals surface area contributed by atoms with Crippen LogP contribution in [0.25, 0.3) is 0 Å². The summed E-state index contributed by atoms with van der Waals surface area (Å²) in [5.41, 5.74) is -0.308.